The normalized spacial score (nSPS) is 19.3. The van der Waals surface area contributed by atoms with E-state index in [-0.39, 0.29) is 28.3 Å². The van der Waals surface area contributed by atoms with E-state index in [0.29, 0.717) is 0 Å². The van der Waals surface area contributed by atoms with Crippen LogP contribution in [0.1, 0.15) is 6.42 Å². The fourth-order valence-corrected chi connectivity index (χ4v) is 4.08. The van der Waals surface area contributed by atoms with Gasteiger partial charge < -0.3 is 0 Å². The van der Waals surface area contributed by atoms with Crippen LogP contribution < -0.4 is 5.32 Å². The molecule has 0 unspecified atom stereocenters. The van der Waals surface area contributed by atoms with Crippen LogP contribution in [0.3, 0.4) is 0 Å². The second kappa shape index (κ2) is 5.58. The molecule has 3 nitrogen and oxygen atoms in total. The van der Waals surface area contributed by atoms with Crippen LogP contribution in [0.4, 0.5) is 5.69 Å². The van der Waals surface area contributed by atoms with E-state index in [1.54, 1.807) is 0 Å². The molecule has 100 valence electrons. The molecular weight excluding hydrogens is 349 g/mol. The average molecular weight is 362 g/mol. The summed E-state index contributed by atoms with van der Waals surface area (Å²) in [6.07, 6.45) is 0.901. The van der Waals surface area contributed by atoms with Gasteiger partial charge in [0.15, 0.2) is 0 Å². The predicted molar refractivity (Wildman–Crippen MR) is 73.5 cm³/mol. The van der Waals surface area contributed by atoms with Gasteiger partial charge in [0.05, 0.1) is 0 Å². The maximum absolute atomic E-state index is 12.2. The summed E-state index contributed by atoms with van der Waals surface area (Å²) >= 11 is -0.342. The molecule has 1 aliphatic rings. The number of nitrogens with one attached hydrogen (secondary N) is 1. The Morgan fingerprint density at radius 2 is 2.05 bits per heavy atom. The van der Waals surface area contributed by atoms with Crippen molar-refractivity contribution in [1.82, 2.24) is 3.64 Å². The molecule has 0 saturated carbocycles. The molecule has 19 heavy (non-hydrogen) atoms. The van der Waals surface area contributed by atoms with Crippen molar-refractivity contribution >= 4 is 32.1 Å². The molecule has 1 heterocycles. The second-order valence-corrected chi connectivity index (χ2v) is 6.49. The molecule has 1 amide bonds. The Balaban J connectivity index is 1.83. The van der Waals surface area contributed by atoms with E-state index >= 15 is 0 Å². The van der Waals surface area contributed by atoms with Crippen molar-refractivity contribution in [2.24, 2.45) is 0 Å². The first-order valence-electron chi connectivity index (χ1n) is 6.09. The molecule has 0 spiro atoms. The van der Waals surface area contributed by atoms with Crippen LogP contribution in [-0.4, -0.2) is 22.1 Å². The first-order chi connectivity index (χ1) is 9.29. The number of rotatable bonds is 3. The number of hydrogen-bond donors (Lipinski definition) is 1. The Labute approximate surface area is 123 Å². The number of fused-ring (bicyclic) bond motifs is 1. The summed E-state index contributed by atoms with van der Waals surface area (Å²) in [4.78, 5) is 12.2. The van der Waals surface area contributed by atoms with Crippen molar-refractivity contribution in [2.75, 3.05) is 11.9 Å². The number of halogens is 1. The molecule has 1 atom stereocenters. The van der Waals surface area contributed by atoms with Crippen molar-refractivity contribution in [2.45, 2.75) is 12.5 Å². The summed E-state index contributed by atoms with van der Waals surface area (Å²) in [6, 6.07) is 14.0. The molecule has 0 bridgehead atoms. The Kier molecular flexibility index (Phi) is 3.83. The monoisotopic (exact) mass is 362 g/mol. The molecule has 1 N–H and O–H groups in total. The summed E-state index contributed by atoms with van der Waals surface area (Å²) in [5, 5.41) is 5.23. The van der Waals surface area contributed by atoms with Crippen molar-refractivity contribution < 1.29 is 21.2 Å². The van der Waals surface area contributed by atoms with Gasteiger partial charge in [0.2, 0.25) is 0 Å². The first-order valence-corrected chi connectivity index (χ1v) is 9.10. The molecule has 0 aliphatic carbocycles. The number of amides is 1. The van der Waals surface area contributed by atoms with Crippen molar-refractivity contribution in [3.63, 3.8) is 0 Å². The summed E-state index contributed by atoms with van der Waals surface area (Å²) in [6.45, 7) is 0.940. The van der Waals surface area contributed by atoms with Crippen molar-refractivity contribution in [3.05, 3.63) is 42.5 Å². The minimum atomic E-state index is -0.342. The molecule has 3 rings (SSSR count). The van der Waals surface area contributed by atoms with Gasteiger partial charge in [-0.05, 0) is 0 Å². The number of anilines is 1. The van der Waals surface area contributed by atoms with Crippen LogP contribution in [0.2, 0.25) is 0 Å². The number of nitrogens with zero attached hydrogens (tertiary/aromatic N) is 1. The van der Waals surface area contributed by atoms with E-state index in [4.69, 9.17) is 9.69 Å². The van der Waals surface area contributed by atoms with Gasteiger partial charge in [-0.15, -0.1) is 0 Å². The molecule has 0 aromatic heterocycles. The zero-order chi connectivity index (χ0) is 13.2. The van der Waals surface area contributed by atoms with E-state index in [1.165, 1.54) is 0 Å². The molecule has 1 fully saturated rings. The van der Waals surface area contributed by atoms with Gasteiger partial charge in [-0.25, -0.2) is 0 Å². The standard InChI is InChI=1S/C14H13N2O.ClH.Ru/c17-14(13-8-9-15-13)16-12-7-3-5-10-4-1-2-6-11(10)12;;/h1-7,13H,8-9H2,(H,16,17);1H;/q-1;;+2/p-1/t13-;;/m0../s1. The quantitative estimate of drug-likeness (QED) is 0.852. The number of benzene rings is 2. The van der Waals surface area contributed by atoms with E-state index in [2.05, 4.69) is 8.96 Å². The minimum absolute atomic E-state index is 0.0466. The van der Waals surface area contributed by atoms with Gasteiger partial charge >= 0.3 is 124 Å². The van der Waals surface area contributed by atoms with Crippen LogP contribution in [0, 0.1) is 0 Å². The number of carbonyl (C=O) groups is 1. The van der Waals surface area contributed by atoms with Crippen molar-refractivity contribution in [1.29, 1.82) is 0 Å². The Hall–Kier alpha value is -0.957. The van der Waals surface area contributed by atoms with Gasteiger partial charge in [-0.3, -0.25) is 0 Å². The molecule has 1 aliphatic heterocycles. The zero-order valence-electron chi connectivity index (χ0n) is 10.1. The Morgan fingerprint density at radius 1 is 1.26 bits per heavy atom. The van der Waals surface area contributed by atoms with E-state index < -0.39 is 0 Å². The third-order valence-corrected chi connectivity index (χ3v) is 5.58. The average Bonchev–Trinajstić information content (AvgIpc) is 2.38. The van der Waals surface area contributed by atoms with E-state index in [1.807, 2.05) is 42.5 Å². The van der Waals surface area contributed by atoms with Crippen molar-refractivity contribution in [3.8, 4) is 0 Å². The molecule has 2 aromatic rings. The zero-order valence-corrected chi connectivity index (χ0v) is 12.6. The number of hydrogen-bond acceptors (Lipinski definition) is 2. The molecule has 2 aromatic carbocycles. The van der Waals surface area contributed by atoms with Gasteiger partial charge in [-0.2, -0.15) is 0 Å². The fourth-order valence-electron chi connectivity index (χ4n) is 2.23. The van der Waals surface area contributed by atoms with E-state index in [0.717, 1.165) is 29.4 Å². The second-order valence-electron chi connectivity index (χ2n) is 4.49. The number of carbonyl (C=O) groups excluding carboxylic acids is 1. The van der Waals surface area contributed by atoms with Crippen LogP contribution in [0.15, 0.2) is 42.5 Å². The summed E-state index contributed by atoms with van der Waals surface area (Å²) in [7, 11) is 5.88. The molecule has 5 heteroatoms. The van der Waals surface area contributed by atoms with Crippen LogP contribution in [0.5, 0.6) is 0 Å². The summed E-state index contributed by atoms with van der Waals surface area (Å²) in [5.74, 6) is 0.0533. The Bertz CT molecular complexity index is 612. The Morgan fingerprint density at radius 3 is 2.79 bits per heavy atom. The van der Waals surface area contributed by atoms with Gasteiger partial charge in [0, 0.05) is 0 Å². The third-order valence-electron chi connectivity index (χ3n) is 3.37. The SMILES string of the molecule is O=C(Nc1cccc2ccccc12)[C@@H]1CC[N]1[Ru][Cl]. The first kappa shape index (κ1) is 13.0. The summed E-state index contributed by atoms with van der Waals surface area (Å²) in [5.41, 5.74) is 0.875. The maximum atomic E-state index is 12.2. The van der Waals surface area contributed by atoms with Crippen LogP contribution in [0.25, 0.3) is 10.8 Å². The van der Waals surface area contributed by atoms with Gasteiger partial charge in [-0.1, -0.05) is 0 Å². The topological polar surface area (TPSA) is 32.3 Å². The van der Waals surface area contributed by atoms with Crippen LogP contribution >= 0.6 is 9.69 Å². The molecular formula is C14H13ClN2ORu. The third kappa shape index (κ3) is 2.53. The van der Waals surface area contributed by atoms with Crippen LogP contribution in [-0.2, 0) is 21.2 Å². The van der Waals surface area contributed by atoms with Gasteiger partial charge in [0.1, 0.15) is 0 Å². The molecule has 1 saturated heterocycles. The summed E-state index contributed by atoms with van der Waals surface area (Å²) < 4.78 is 2.05. The molecule has 0 radical (unpaired) electrons. The fraction of sp³-hybridized carbons (Fsp3) is 0.214. The van der Waals surface area contributed by atoms with Gasteiger partial charge in [0.25, 0.3) is 0 Å². The predicted octanol–water partition coefficient (Wildman–Crippen LogP) is 3.00. The van der Waals surface area contributed by atoms with E-state index in [9.17, 15) is 4.79 Å².